The molecule has 1 atom stereocenters. The fraction of sp³-hybridized carbons (Fsp3) is 0.462. The van der Waals surface area contributed by atoms with Crippen molar-refractivity contribution in [3.63, 3.8) is 0 Å². The summed E-state index contributed by atoms with van der Waals surface area (Å²) < 4.78 is 27.2. The Morgan fingerprint density at radius 2 is 2.10 bits per heavy atom. The minimum absolute atomic E-state index is 0.0953. The van der Waals surface area contributed by atoms with E-state index in [0.717, 1.165) is 0 Å². The highest BCUT2D eigenvalue weighted by atomic mass is 79.9. The molecule has 0 aliphatic heterocycles. The molecule has 0 fully saturated rings. The number of carboxylic acid groups (broad SMARTS) is 1. The maximum atomic E-state index is 12.1. The minimum atomic E-state index is -3.58. The van der Waals surface area contributed by atoms with Gasteiger partial charge in [0.15, 0.2) is 0 Å². The molecule has 1 aromatic rings. The minimum Gasteiger partial charge on any atom is -0.481 e. The molecule has 0 saturated carbocycles. The van der Waals surface area contributed by atoms with E-state index in [0.29, 0.717) is 22.3 Å². The Kier molecular flexibility index (Phi) is 7.12. The Balaban J connectivity index is 2.53. The second-order valence-corrected chi connectivity index (χ2v) is 7.83. The van der Waals surface area contributed by atoms with E-state index in [1.165, 1.54) is 18.2 Å². The van der Waals surface area contributed by atoms with Crippen LogP contribution in [0.1, 0.15) is 26.2 Å². The summed E-state index contributed by atoms with van der Waals surface area (Å²) >= 11 is 9.01. The molecule has 0 heterocycles. The first-order valence-corrected chi connectivity index (χ1v) is 9.04. The molecule has 0 bridgehead atoms. The largest absolute Gasteiger partial charge is 0.481 e. The average molecular weight is 399 g/mol. The summed E-state index contributed by atoms with van der Waals surface area (Å²) in [7, 11) is -3.58. The number of carbonyl (C=O) groups is 1. The maximum Gasteiger partial charge on any atom is 0.303 e. The van der Waals surface area contributed by atoms with Gasteiger partial charge in [0.25, 0.3) is 0 Å². The quantitative estimate of drug-likeness (QED) is 0.704. The summed E-state index contributed by atoms with van der Waals surface area (Å²) in [6.45, 7) is 2.17. The molecule has 1 rings (SSSR count). The highest BCUT2D eigenvalue weighted by Gasteiger charge is 2.15. The SMILES string of the molecule is CC(CCNS(=O)(=O)c1ccc(Cl)c(Br)c1)CCC(=O)O. The van der Waals surface area contributed by atoms with Crippen LogP contribution in [0.25, 0.3) is 0 Å². The molecule has 0 aliphatic rings. The van der Waals surface area contributed by atoms with Crippen molar-refractivity contribution in [2.45, 2.75) is 31.1 Å². The smallest absolute Gasteiger partial charge is 0.303 e. The number of benzene rings is 1. The summed E-state index contributed by atoms with van der Waals surface area (Å²) in [5, 5.41) is 9.03. The maximum absolute atomic E-state index is 12.1. The molecule has 5 nitrogen and oxygen atoms in total. The van der Waals surface area contributed by atoms with Crippen molar-refractivity contribution in [2.75, 3.05) is 6.54 Å². The Morgan fingerprint density at radius 1 is 1.43 bits per heavy atom. The summed E-state index contributed by atoms with van der Waals surface area (Å²) in [5.74, 6) is -0.700. The molecular weight excluding hydrogens is 382 g/mol. The monoisotopic (exact) mass is 397 g/mol. The lowest BCUT2D eigenvalue weighted by atomic mass is 10.0. The zero-order valence-electron chi connectivity index (χ0n) is 11.5. The van der Waals surface area contributed by atoms with Gasteiger partial charge in [-0.1, -0.05) is 18.5 Å². The van der Waals surface area contributed by atoms with Crippen molar-refractivity contribution < 1.29 is 18.3 Å². The van der Waals surface area contributed by atoms with Crippen LogP contribution in [0.3, 0.4) is 0 Å². The second-order valence-electron chi connectivity index (χ2n) is 4.80. The lowest BCUT2D eigenvalue weighted by Crippen LogP contribution is -2.26. The Labute approximate surface area is 137 Å². The summed E-state index contributed by atoms with van der Waals surface area (Å²) in [6.07, 6.45) is 1.21. The Bertz CT molecular complexity index is 606. The lowest BCUT2D eigenvalue weighted by Gasteiger charge is -2.11. The number of rotatable bonds is 8. The molecular formula is C13H17BrClNO4S. The van der Waals surface area contributed by atoms with E-state index in [1.807, 2.05) is 6.92 Å². The van der Waals surface area contributed by atoms with E-state index in [1.54, 1.807) is 0 Å². The van der Waals surface area contributed by atoms with Crippen LogP contribution in [-0.2, 0) is 14.8 Å². The van der Waals surface area contributed by atoms with E-state index in [4.69, 9.17) is 16.7 Å². The predicted molar refractivity (Wildman–Crippen MR) is 85.0 cm³/mol. The van der Waals surface area contributed by atoms with Gasteiger partial charge < -0.3 is 5.11 Å². The Morgan fingerprint density at radius 3 is 2.67 bits per heavy atom. The third-order valence-electron chi connectivity index (χ3n) is 2.98. The van der Waals surface area contributed by atoms with Gasteiger partial charge in [-0.05, 0) is 52.9 Å². The van der Waals surface area contributed by atoms with Crippen LogP contribution < -0.4 is 4.72 Å². The number of hydrogen-bond acceptors (Lipinski definition) is 3. The van der Waals surface area contributed by atoms with Gasteiger partial charge in [-0.25, -0.2) is 13.1 Å². The number of nitrogens with one attached hydrogen (secondary N) is 1. The summed E-state index contributed by atoms with van der Waals surface area (Å²) in [6, 6.07) is 4.39. The molecule has 1 unspecified atom stereocenters. The van der Waals surface area contributed by atoms with Gasteiger partial charge in [0.05, 0.1) is 9.92 Å². The lowest BCUT2D eigenvalue weighted by molar-refractivity contribution is -0.137. The van der Waals surface area contributed by atoms with Crippen molar-refractivity contribution in [1.82, 2.24) is 4.72 Å². The number of aliphatic carboxylic acids is 1. The van der Waals surface area contributed by atoms with Gasteiger partial charge in [0, 0.05) is 17.4 Å². The molecule has 1 aromatic carbocycles. The van der Waals surface area contributed by atoms with E-state index >= 15 is 0 Å². The first kappa shape index (κ1) is 18.4. The first-order valence-electron chi connectivity index (χ1n) is 6.39. The van der Waals surface area contributed by atoms with E-state index in [9.17, 15) is 13.2 Å². The number of sulfonamides is 1. The van der Waals surface area contributed by atoms with Gasteiger partial charge in [-0.15, -0.1) is 0 Å². The van der Waals surface area contributed by atoms with Crippen molar-refractivity contribution in [3.8, 4) is 0 Å². The molecule has 2 N–H and O–H groups in total. The van der Waals surface area contributed by atoms with E-state index < -0.39 is 16.0 Å². The van der Waals surface area contributed by atoms with E-state index in [2.05, 4.69) is 20.7 Å². The molecule has 0 aliphatic carbocycles. The number of carboxylic acids is 1. The molecule has 0 amide bonds. The molecule has 0 saturated heterocycles. The van der Waals surface area contributed by atoms with Crippen molar-refractivity contribution >= 4 is 43.5 Å². The highest BCUT2D eigenvalue weighted by Crippen LogP contribution is 2.25. The first-order chi connectivity index (χ1) is 9.72. The van der Waals surface area contributed by atoms with Crippen LogP contribution in [0.15, 0.2) is 27.6 Å². The average Bonchev–Trinajstić information content (AvgIpc) is 2.39. The molecule has 0 radical (unpaired) electrons. The third-order valence-corrected chi connectivity index (χ3v) is 5.65. The third kappa shape index (κ3) is 6.34. The number of halogens is 2. The highest BCUT2D eigenvalue weighted by molar-refractivity contribution is 9.10. The second kappa shape index (κ2) is 8.12. The molecule has 0 spiro atoms. The standard InChI is InChI=1S/C13H17BrClNO4S/c1-9(2-5-13(17)18)6-7-16-21(19,20)10-3-4-12(15)11(14)8-10/h3-4,8-9,16H,2,5-7H2,1H3,(H,17,18). The van der Waals surface area contributed by atoms with Crippen LogP contribution in [-0.4, -0.2) is 26.0 Å². The zero-order valence-corrected chi connectivity index (χ0v) is 14.6. The van der Waals surface area contributed by atoms with Gasteiger partial charge >= 0.3 is 5.97 Å². The topological polar surface area (TPSA) is 83.5 Å². The van der Waals surface area contributed by atoms with Crippen LogP contribution in [0, 0.1) is 5.92 Å². The normalized spacial score (nSPS) is 13.1. The van der Waals surface area contributed by atoms with E-state index in [-0.39, 0.29) is 23.8 Å². The molecule has 118 valence electrons. The van der Waals surface area contributed by atoms with Gasteiger partial charge in [-0.2, -0.15) is 0 Å². The van der Waals surface area contributed by atoms with Crippen LogP contribution in [0.5, 0.6) is 0 Å². The fourth-order valence-corrected chi connectivity index (χ4v) is 3.40. The molecule has 8 heteroatoms. The Hall–Kier alpha value is -0.630. The zero-order chi connectivity index (χ0) is 16.0. The molecule has 0 aromatic heterocycles. The van der Waals surface area contributed by atoms with Gasteiger partial charge in [-0.3, -0.25) is 4.79 Å². The van der Waals surface area contributed by atoms with Crippen molar-refractivity contribution in [3.05, 3.63) is 27.7 Å². The molecule has 21 heavy (non-hydrogen) atoms. The van der Waals surface area contributed by atoms with Crippen molar-refractivity contribution in [1.29, 1.82) is 0 Å². The predicted octanol–water partition coefficient (Wildman–Crippen LogP) is 3.27. The summed E-state index contributed by atoms with van der Waals surface area (Å²) in [4.78, 5) is 10.6. The van der Waals surface area contributed by atoms with Gasteiger partial charge in [0.2, 0.25) is 10.0 Å². The van der Waals surface area contributed by atoms with Gasteiger partial charge in [0.1, 0.15) is 0 Å². The van der Waals surface area contributed by atoms with Crippen LogP contribution in [0.4, 0.5) is 0 Å². The number of hydrogen-bond donors (Lipinski definition) is 2. The van der Waals surface area contributed by atoms with Crippen LogP contribution >= 0.6 is 27.5 Å². The summed E-state index contributed by atoms with van der Waals surface area (Å²) in [5.41, 5.74) is 0. The fourth-order valence-electron chi connectivity index (χ4n) is 1.68. The van der Waals surface area contributed by atoms with Crippen molar-refractivity contribution in [2.24, 2.45) is 5.92 Å². The van der Waals surface area contributed by atoms with Crippen LogP contribution in [0.2, 0.25) is 5.02 Å².